The third-order valence-corrected chi connectivity index (χ3v) is 7.01. The Morgan fingerprint density at radius 1 is 1.21 bits per heavy atom. The maximum absolute atomic E-state index is 13.2. The molecule has 34 heavy (non-hydrogen) atoms. The number of aryl methyl sites for hydroxylation is 1. The average molecular weight is 453 g/mol. The van der Waals surface area contributed by atoms with Gasteiger partial charge in [0.25, 0.3) is 5.91 Å². The summed E-state index contributed by atoms with van der Waals surface area (Å²) in [5, 5.41) is 12.2. The first-order valence-electron chi connectivity index (χ1n) is 11.4. The van der Waals surface area contributed by atoms with Crippen molar-refractivity contribution in [3.63, 3.8) is 0 Å². The van der Waals surface area contributed by atoms with Crippen molar-refractivity contribution in [3.8, 4) is 11.3 Å². The van der Waals surface area contributed by atoms with E-state index < -0.39 is 0 Å². The zero-order valence-corrected chi connectivity index (χ0v) is 18.9. The summed E-state index contributed by atoms with van der Waals surface area (Å²) in [4.78, 5) is 29.4. The lowest BCUT2D eigenvalue weighted by Crippen LogP contribution is -2.27. The molecule has 3 N–H and O–H groups in total. The van der Waals surface area contributed by atoms with Gasteiger partial charge in [-0.15, -0.1) is 0 Å². The van der Waals surface area contributed by atoms with E-state index in [1.807, 2.05) is 26.2 Å². The molecule has 2 amide bonds. The number of carbonyl (C=O) groups is 2. The Balaban J connectivity index is 1.33. The van der Waals surface area contributed by atoms with Crippen LogP contribution in [-0.4, -0.2) is 32.8 Å². The lowest BCUT2D eigenvalue weighted by Gasteiger charge is -2.19. The number of nitrogens with one attached hydrogen (secondary N) is 3. The average Bonchev–Trinajstić information content (AvgIpc) is 3.51. The standard InChI is InChI=1S/C26H24N6O2/c1-14(17-7-15-5-3-4-6-16(15)8-17)25(33)29-19-9-20-23-21(12-27-31-26(20)34)24(30-22(23)10-19)18-11-28-32(2)13-18/h3-6,9-14,17,30H,7-8H2,1-2H3,(H,29,33)(H,31,34)/t14-/m1/s1. The molecule has 0 spiro atoms. The smallest absolute Gasteiger partial charge is 0.272 e. The van der Waals surface area contributed by atoms with Gasteiger partial charge in [-0.05, 0) is 42.0 Å². The van der Waals surface area contributed by atoms with E-state index in [4.69, 9.17) is 0 Å². The maximum atomic E-state index is 13.2. The largest absolute Gasteiger partial charge is 0.354 e. The summed E-state index contributed by atoms with van der Waals surface area (Å²) in [7, 11) is 1.85. The zero-order valence-electron chi connectivity index (χ0n) is 18.9. The Labute approximate surface area is 196 Å². The fourth-order valence-electron chi connectivity index (χ4n) is 5.15. The van der Waals surface area contributed by atoms with E-state index in [1.165, 1.54) is 11.1 Å². The number of hydrogen-bond donors (Lipinski definition) is 3. The monoisotopic (exact) mass is 452 g/mol. The van der Waals surface area contributed by atoms with Crippen LogP contribution in [0.25, 0.3) is 22.2 Å². The maximum Gasteiger partial charge on any atom is 0.272 e. The minimum Gasteiger partial charge on any atom is -0.354 e. The summed E-state index contributed by atoms with van der Waals surface area (Å²) < 4.78 is 1.72. The van der Waals surface area contributed by atoms with Gasteiger partial charge in [0.2, 0.25) is 5.91 Å². The third-order valence-electron chi connectivity index (χ3n) is 7.01. The highest BCUT2D eigenvalue weighted by atomic mass is 16.2. The lowest BCUT2D eigenvalue weighted by molar-refractivity contribution is -0.120. The highest BCUT2D eigenvalue weighted by Gasteiger charge is 2.30. The second kappa shape index (κ2) is 7.69. The van der Waals surface area contributed by atoms with Crippen LogP contribution >= 0.6 is 0 Å². The van der Waals surface area contributed by atoms with Crippen molar-refractivity contribution in [2.24, 2.45) is 24.0 Å². The molecule has 0 saturated heterocycles. The molecule has 8 heteroatoms. The molecule has 1 aliphatic heterocycles. The Kier molecular flexibility index (Phi) is 4.62. The van der Waals surface area contributed by atoms with Gasteiger partial charge in [-0.1, -0.05) is 31.2 Å². The van der Waals surface area contributed by atoms with Gasteiger partial charge in [0.15, 0.2) is 0 Å². The van der Waals surface area contributed by atoms with Crippen molar-refractivity contribution >= 4 is 34.6 Å². The van der Waals surface area contributed by atoms with E-state index in [2.05, 4.69) is 50.2 Å². The number of nitrogens with zero attached hydrogens (tertiary/aromatic N) is 3. The number of anilines is 1. The number of hydrogen-bond acceptors (Lipinski definition) is 4. The number of rotatable bonds is 4. The Bertz CT molecular complexity index is 1470. The summed E-state index contributed by atoms with van der Waals surface area (Å²) in [6.07, 6.45) is 7.12. The summed E-state index contributed by atoms with van der Waals surface area (Å²) in [6, 6.07) is 12.0. The molecule has 2 aromatic carbocycles. The normalized spacial score (nSPS) is 15.8. The van der Waals surface area contributed by atoms with Crippen molar-refractivity contribution in [1.82, 2.24) is 20.2 Å². The van der Waals surface area contributed by atoms with Crippen LogP contribution in [0.15, 0.2) is 53.9 Å². The molecule has 0 bridgehead atoms. The van der Waals surface area contributed by atoms with Gasteiger partial charge in [0, 0.05) is 46.9 Å². The molecule has 0 radical (unpaired) electrons. The number of amides is 2. The first-order chi connectivity index (χ1) is 16.5. The minimum atomic E-state index is -0.313. The molecule has 0 unspecified atom stereocenters. The van der Waals surface area contributed by atoms with Gasteiger partial charge in [-0.2, -0.15) is 10.2 Å². The predicted octanol–water partition coefficient (Wildman–Crippen LogP) is 3.64. The molecule has 170 valence electrons. The first kappa shape index (κ1) is 20.4. The van der Waals surface area contributed by atoms with Gasteiger partial charge in [0.1, 0.15) is 0 Å². The van der Waals surface area contributed by atoms with Crippen LogP contribution in [0.2, 0.25) is 0 Å². The quantitative estimate of drug-likeness (QED) is 0.440. The van der Waals surface area contributed by atoms with Crippen molar-refractivity contribution in [3.05, 3.63) is 71.0 Å². The van der Waals surface area contributed by atoms with Gasteiger partial charge in [-0.25, -0.2) is 5.43 Å². The van der Waals surface area contributed by atoms with Crippen LogP contribution in [0, 0.1) is 11.8 Å². The fourth-order valence-corrected chi connectivity index (χ4v) is 5.15. The summed E-state index contributed by atoms with van der Waals surface area (Å²) >= 11 is 0. The van der Waals surface area contributed by atoms with E-state index in [9.17, 15) is 9.59 Å². The van der Waals surface area contributed by atoms with E-state index in [1.54, 1.807) is 23.2 Å². The molecule has 4 aromatic rings. The van der Waals surface area contributed by atoms with Gasteiger partial charge >= 0.3 is 0 Å². The van der Waals surface area contributed by atoms with Gasteiger partial charge in [0.05, 0.1) is 23.7 Å². The molecule has 0 fully saturated rings. The van der Waals surface area contributed by atoms with Gasteiger partial charge < -0.3 is 10.3 Å². The number of H-pyrrole nitrogens is 1. The highest BCUT2D eigenvalue weighted by Crippen LogP contribution is 2.35. The van der Waals surface area contributed by atoms with Crippen molar-refractivity contribution in [2.45, 2.75) is 19.8 Å². The predicted molar refractivity (Wildman–Crippen MR) is 131 cm³/mol. The lowest BCUT2D eigenvalue weighted by atomic mass is 9.90. The summed E-state index contributed by atoms with van der Waals surface area (Å²) in [6.45, 7) is 1.98. The summed E-state index contributed by atoms with van der Waals surface area (Å²) in [5.41, 5.74) is 9.54. The highest BCUT2D eigenvalue weighted by molar-refractivity contribution is 6.18. The second-order valence-corrected chi connectivity index (χ2v) is 9.18. The van der Waals surface area contributed by atoms with Crippen molar-refractivity contribution in [2.75, 3.05) is 5.32 Å². The van der Waals surface area contributed by atoms with Crippen LogP contribution in [0.3, 0.4) is 0 Å². The minimum absolute atomic E-state index is 0.0473. The number of carbonyl (C=O) groups excluding carboxylic acids is 2. The number of benzene rings is 2. The molecule has 6 rings (SSSR count). The van der Waals surface area contributed by atoms with E-state index in [0.717, 1.165) is 40.6 Å². The van der Waals surface area contributed by atoms with Crippen LogP contribution < -0.4 is 10.7 Å². The molecule has 8 nitrogen and oxygen atoms in total. The van der Waals surface area contributed by atoms with E-state index >= 15 is 0 Å². The van der Waals surface area contributed by atoms with E-state index in [-0.39, 0.29) is 23.7 Å². The molecule has 0 saturated carbocycles. The SMILES string of the molecule is C[C@@H](C(=O)Nc1cc2c3c(c(-c4cnn(C)c4)[nH]c3c1)C=NNC2=O)C1Cc2ccccc2C1. The van der Waals surface area contributed by atoms with Gasteiger partial charge in [-0.3, -0.25) is 14.3 Å². The fraction of sp³-hybridized carbons (Fsp3) is 0.231. The molecular weight excluding hydrogens is 428 g/mol. The number of aromatic nitrogens is 3. The topological polar surface area (TPSA) is 104 Å². The number of hydrazone groups is 1. The van der Waals surface area contributed by atoms with Crippen LogP contribution in [-0.2, 0) is 24.7 Å². The van der Waals surface area contributed by atoms with Crippen LogP contribution in [0.1, 0.15) is 34.0 Å². The van der Waals surface area contributed by atoms with Crippen LogP contribution in [0.5, 0.6) is 0 Å². The molecule has 2 aromatic heterocycles. The molecule has 3 heterocycles. The Morgan fingerprint density at radius 2 is 1.97 bits per heavy atom. The molecular formula is C26H24N6O2. The first-order valence-corrected chi connectivity index (χ1v) is 11.4. The zero-order chi connectivity index (χ0) is 23.4. The van der Waals surface area contributed by atoms with Crippen LogP contribution in [0.4, 0.5) is 5.69 Å². The molecule has 2 aliphatic rings. The number of fused-ring (bicyclic) bond motifs is 1. The second-order valence-electron chi connectivity index (χ2n) is 9.18. The molecule has 1 aliphatic carbocycles. The third kappa shape index (κ3) is 3.30. The molecule has 1 atom stereocenters. The Hall–Kier alpha value is -4.20. The van der Waals surface area contributed by atoms with Crippen molar-refractivity contribution < 1.29 is 9.59 Å². The Morgan fingerprint density at radius 3 is 2.68 bits per heavy atom. The van der Waals surface area contributed by atoms with Crippen molar-refractivity contribution in [1.29, 1.82) is 0 Å². The van der Waals surface area contributed by atoms with E-state index in [0.29, 0.717) is 11.3 Å². The number of aromatic amines is 1. The summed E-state index contributed by atoms with van der Waals surface area (Å²) in [5.74, 6) is -0.265.